The molecule has 0 aliphatic carbocycles. The van der Waals surface area contributed by atoms with Gasteiger partial charge in [0, 0.05) is 0 Å². The van der Waals surface area contributed by atoms with Gasteiger partial charge in [0.15, 0.2) is 0 Å². The molecule has 1 rings (SSSR count). The third kappa shape index (κ3) is 2.83. The number of ether oxygens (including phenoxy) is 1. The number of rotatable bonds is 4. The van der Waals surface area contributed by atoms with Gasteiger partial charge in [0.05, 0.1) is 19.1 Å². The number of carbonyl (C=O) groups is 1. The van der Waals surface area contributed by atoms with E-state index in [1.165, 1.54) is 7.11 Å². The molecule has 1 N–H and O–H groups in total. The van der Waals surface area contributed by atoms with Crippen molar-refractivity contribution in [1.82, 2.24) is 0 Å². The Labute approximate surface area is 96.1 Å². The quantitative estimate of drug-likeness (QED) is 0.796. The third-order valence-corrected chi connectivity index (χ3v) is 2.74. The molecular formula is C13H18O3. The van der Waals surface area contributed by atoms with E-state index >= 15 is 0 Å². The van der Waals surface area contributed by atoms with Crippen molar-refractivity contribution in [2.24, 2.45) is 0 Å². The van der Waals surface area contributed by atoms with E-state index in [1.807, 2.05) is 31.2 Å². The van der Waals surface area contributed by atoms with E-state index in [9.17, 15) is 9.90 Å². The second kappa shape index (κ2) is 5.66. The van der Waals surface area contributed by atoms with Crippen LogP contribution in [0.15, 0.2) is 24.3 Å². The van der Waals surface area contributed by atoms with Crippen LogP contribution >= 0.6 is 0 Å². The average Bonchev–Trinajstić information content (AvgIpc) is 2.36. The van der Waals surface area contributed by atoms with Gasteiger partial charge < -0.3 is 9.84 Å². The Morgan fingerprint density at radius 1 is 1.44 bits per heavy atom. The molecule has 0 heterocycles. The van der Waals surface area contributed by atoms with E-state index in [0.29, 0.717) is 6.42 Å². The Morgan fingerprint density at radius 3 is 2.62 bits per heavy atom. The summed E-state index contributed by atoms with van der Waals surface area (Å²) in [6.45, 7) is 3.71. The number of hydrogen-bond donors (Lipinski definition) is 1. The summed E-state index contributed by atoms with van der Waals surface area (Å²) in [5.41, 5.74) is 1.72. The molecule has 2 unspecified atom stereocenters. The van der Waals surface area contributed by atoms with Gasteiger partial charge in [-0.3, -0.25) is 4.79 Å². The van der Waals surface area contributed by atoms with Crippen molar-refractivity contribution in [3.8, 4) is 0 Å². The second-order valence-electron chi connectivity index (χ2n) is 3.84. The lowest BCUT2D eigenvalue weighted by Gasteiger charge is -2.13. The van der Waals surface area contributed by atoms with Crippen molar-refractivity contribution in [1.29, 1.82) is 0 Å². The minimum atomic E-state index is -0.468. The van der Waals surface area contributed by atoms with Crippen LogP contribution in [0.5, 0.6) is 0 Å². The van der Waals surface area contributed by atoms with E-state index in [2.05, 4.69) is 0 Å². The SMILES string of the molecule is CCC(O)c1cccc(C(C)C(=O)OC)c1. The largest absolute Gasteiger partial charge is 0.469 e. The van der Waals surface area contributed by atoms with Crippen LogP contribution in [0.3, 0.4) is 0 Å². The molecule has 0 radical (unpaired) electrons. The number of carbonyl (C=O) groups excluding carboxylic acids is 1. The number of methoxy groups -OCH3 is 1. The Hall–Kier alpha value is -1.35. The highest BCUT2D eigenvalue weighted by atomic mass is 16.5. The van der Waals surface area contributed by atoms with E-state index in [-0.39, 0.29) is 11.9 Å². The number of hydrogen-bond acceptors (Lipinski definition) is 3. The maximum absolute atomic E-state index is 11.4. The van der Waals surface area contributed by atoms with Crippen LogP contribution in [0.4, 0.5) is 0 Å². The Kier molecular flexibility index (Phi) is 4.50. The lowest BCUT2D eigenvalue weighted by molar-refractivity contribution is -0.141. The van der Waals surface area contributed by atoms with Crippen LogP contribution in [-0.4, -0.2) is 18.2 Å². The molecule has 0 fully saturated rings. The lowest BCUT2D eigenvalue weighted by atomic mass is 9.97. The maximum Gasteiger partial charge on any atom is 0.312 e. The zero-order valence-electron chi connectivity index (χ0n) is 9.93. The Bertz CT molecular complexity index is 360. The molecule has 0 aliphatic rings. The molecule has 16 heavy (non-hydrogen) atoms. The fourth-order valence-corrected chi connectivity index (χ4v) is 1.58. The highest BCUT2D eigenvalue weighted by Crippen LogP contribution is 2.22. The molecular weight excluding hydrogens is 204 g/mol. The number of aliphatic hydroxyl groups excluding tert-OH is 1. The van der Waals surface area contributed by atoms with Gasteiger partial charge in [0.25, 0.3) is 0 Å². The zero-order valence-corrected chi connectivity index (χ0v) is 9.93. The van der Waals surface area contributed by atoms with Crippen LogP contribution in [-0.2, 0) is 9.53 Å². The van der Waals surface area contributed by atoms with E-state index in [0.717, 1.165) is 11.1 Å². The molecule has 2 atom stereocenters. The summed E-state index contributed by atoms with van der Waals surface area (Å²) in [7, 11) is 1.38. The number of esters is 1. The van der Waals surface area contributed by atoms with Crippen LogP contribution in [0.1, 0.15) is 43.4 Å². The molecule has 0 saturated heterocycles. The maximum atomic E-state index is 11.4. The van der Waals surface area contributed by atoms with Crippen molar-refractivity contribution in [2.75, 3.05) is 7.11 Å². The number of aliphatic hydroxyl groups is 1. The summed E-state index contributed by atoms with van der Waals surface area (Å²) in [6, 6.07) is 7.44. The van der Waals surface area contributed by atoms with E-state index < -0.39 is 6.10 Å². The Morgan fingerprint density at radius 2 is 2.06 bits per heavy atom. The van der Waals surface area contributed by atoms with Crippen LogP contribution in [0.2, 0.25) is 0 Å². The first-order valence-electron chi connectivity index (χ1n) is 5.45. The Balaban J connectivity index is 2.94. The highest BCUT2D eigenvalue weighted by Gasteiger charge is 2.16. The molecule has 0 saturated carbocycles. The van der Waals surface area contributed by atoms with Gasteiger partial charge in [-0.2, -0.15) is 0 Å². The van der Waals surface area contributed by atoms with Gasteiger partial charge >= 0.3 is 5.97 Å². The van der Waals surface area contributed by atoms with Crippen LogP contribution in [0, 0.1) is 0 Å². The summed E-state index contributed by atoms with van der Waals surface area (Å²) in [6.07, 6.45) is 0.195. The summed E-state index contributed by atoms with van der Waals surface area (Å²) in [4.78, 5) is 11.4. The van der Waals surface area contributed by atoms with Gasteiger partial charge in [-0.15, -0.1) is 0 Å². The molecule has 3 heteroatoms. The van der Waals surface area contributed by atoms with Crippen molar-refractivity contribution < 1.29 is 14.6 Å². The fourth-order valence-electron chi connectivity index (χ4n) is 1.58. The third-order valence-electron chi connectivity index (χ3n) is 2.74. The topological polar surface area (TPSA) is 46.5 Å². The lowest BCUT2D eigenvalue weighted by Crippen LogP contribution is -2.11. The number of benzene rings is 1. The molecule has 1 aromatic rings. The van der Waals surface area contributed by atoms with Gasteiger partial charge in [-0.1, -0.05) is 31.2 Å². The summed E-state index contributed by atoms with van der Waals surface area (Å²) in [5.74, 6) is -0.558. The molecule has 3 nitrogen and oxygen atoms in total. The van der Waals surface area contributed by atoms with E-state index in [4.69, 9.17) is 4.74 Å². The molecule has 0 bridgehead atoms. The molecule has 88 valence electrons. The van der Waals surface area contributed by atoms with Crippen molar-refractivity contribution in [2.45, 2.75) is 32.3 Å². The van der Waals surface area contributed by atoms with Crippen molar-refractivity contribution in [3.63, 3.8) is 0 Å². The van der Waals surface area contributed by atoms with Gasteiger partial charge in [0.2, 0.25) is 0 Å². The molecule has 0 aliphatic heterocycles. The summed E-state index contributed by atoms with van der Waals surface area (Å²) in [5, 5.41) is 9.72. The standard InChI is InChI=1S/C13H18O3/c1-4-12(14)11-7-5-6-10(8-11)9(2)13(15)16-3/h5-9,12,14H,4H2,1-3H3. The summed E-state index contributed by atoms with van der Waals surface area (Å²) < 4.78 is 4.69. The average molecular weight is 222 g/mol. The predicted octanol–water partition coefficient (Wildman–Crippen LogP) is 2.41. The molecule has 1 aromatic carbocycles. The van der Waals surface area contributed by atoms with Crippen molar-refractivity contribution >= 4 is 5.97 Å². The molecule has 0 spiro atoms. The predicted molar refractivity (Wildman–Crippen MR) is 62.1 cm³/mol. The summed E-state index contributed by atoms with van der Waals surface area (Å²) >= 11 is 0. The van der Waals surface area contributed by atoms with E-state index in [1.54, 1.807) is 6.92 Å². The second-order valence-corrected chi connectivity index (χ2v) is 3.84. The molecule has 0 aromatic heterocycles. The minimum Gasteiger partial charge on any atom is -0.469 e. The zero-order chi connectivity index (χ0) is 12.1. The van der Waals surface area contributed by atoms with Crippen LogP contribution < -0.4 is 0 Å². The van der Waals surface area contributed by atoms with Gasteiger partial charge in [-0.05, 0) is 24.5 Å². The molecule has 0 amide bonds. The minimum absolute atomic E-state index is 0.261. The smallest absolute Gasteiger partial charge is 0.312 e. The van der Waals surface area contributed by atoms with Crippen molar-refractivity contribution in [3.05, 3.63) is 35.4 Å². The van der Waals surface area contributed by atoms with Gasteiger partial charge in [-0.25, -0.2) is 0 Å². The highest BCUT2D eigenvalue weighted by molar-refractivity contribution is 5.77. The fraction of sp³-hybridized carbons (Fsp3) is 0.462. The first-order valence-corrected chi connectivity index (χ1v) is 5.45. The monoisotopic (exact) mass is 222 g/mol. The first-order chi connectivity index (χ1) is 7.60. The van der Waals surface area contributed by atoms with Crippen LogP contribution in [0.25, 0.3) is 0 Å². The first kappa shape index (κ1) is 12.7. The normalized spacial score (nSPS) is 14.2. The van der Waals surface area contributed by atoms with Gasteiger partial charge in [0.1, 0.15) is 0 Å².